The molecule has 0 saturated carbocycles. The molecule has 1 unspecified atom stereocenters. The molecule has 0 N–H and O–H groups in total. The maximum absolute atomic E-state index is 12.5. The molecule has 1 aliphatic carbocycles. The molecule has 2 heterocycles. The molecule has 26 heavy (non-hydrogen) atoms. The summed E-state index contributed by atoms with van der Waals surface area (Å²) in [6, 6.07) is 3.24. The van der Waals surface area contributed by atoms with Gasteiger partial charge in [-0.2, -0.15) is 0 Å². The van der Waals surface area contributed by atoms with E-state index in [-0.39, 0.29) is 60.4 Å². The van der Waals surface area contributed by atoms with Gasteiger partial charge in [0.05, 0.1) is 9.75 Å². The Bertz CT molecular complexity index is 834. The van der Waals surface area contributed by atoms with E-state index in [4.69, 9.17) is 4.74 Å². The smallest absolute Gasteiger partial charge is 0.550 e. The number of rotatable bonds is 6. The minimum absolute atomic E-state index is 0. The Hall–Kier alpha value is -1.32. The molecule has 1 atom stereocenters. The number of carboxylic acid groups (broad SMARTS) is 1. The second kappa shape index (κ2) is 8.58. The molecule has 6 nitrogen and oxygen atoms in total. The molecular formula is C17H13NaO6S2. The van der Waals surface area contributed by atoms with Gasteiger partial charge < -0.3 is 14.6 Å². The van der Waals surface area contributed by atoms with Crippen LogP contribution >= 0.6 is 22.7 Å². The summed E-state index contributed by atoms with van der Waals surface area (Å²) in [5.41, 5.74) is 0.759. The van der Waals surface area contributed by atoms with Crippen LogP contribution < -0.4 is 34.7 Å². The second-order valence-corrected chi connectivity index (χ2v) is 7.57. The number of carbonyl (C=O) groups is 4. The fourth-order valence-electron chi connectivity index (χ4n) is 2.55. The van der Waals surface area contributed by atoms with Gasteiger partial charge in [0, 0.05) is 28.4 Å². The van der Waals surface area contributed by atoms with Crippen LogP contribution in [0.4, 0.5) is 0 Å². The minimum Gasteiger partial charge on any atom is -0.550 e. The van der Waals surface area contributed by atoms with Gasteiger partial charge in [-0.3, -0.25) is 14.4 Å². The predicted molar refractivity (Wildman–Crippen MR) is 88.9 cm³/mol. The molecule has 0 aromatic carbocycles. The van der Waals surface area contributed by atoms with Crippen LogP contribution in [0.15, 0.2) is 17.5 Å². The summed E-state index contributed by atoms with van der Waals surface area (Å²) in [4.78, 5) is 48.5. The Balaban J connectivity index is 0.00000243. The Labute approximate surface area is 179 Å². The van der Waals surface area contributed by atoms with Crippen LogP contribution in [0.25, 0.3) is 0 Å². The minimum atomic E-state index is -1.21. The molecule has 0 amide bonds. The number of hydrogen-bond donors (Lipinski definition) is 0. The first-order chi connectivity index (χ1) is 11.9. The summed E-state index contributed by atoms with van der Waals surface area (Å²) in [6.45, 7) is 1.65. The third-order valence-electron chi connectivity index (χ3n) is 3.79. The van der Waals surface area contributed by atoms with Gasteiger partial charge >= 0.3 is 35.5 Å². The van der Waals surface area contributed by atoms with Crippen molar-refractivity contribution in [2.75, 3.05) is 0 Å². The van der Waals surface area contributed by atoms with E-state index >= 15 is 0 Å². The zero-order chi connectivity index (χ0) is 18.1. The summed E-state index contributed by atoms with van der Waals surface area (Å²) in [7, 11) is 0. The average molecular weight is 400 g/mol. The number of thiophene rings is 2. The molecule has 0 spiro atoms. The van der Waals surface area contributed by atoms with Crippen LogP contribution in [0.1, 0.15) is 67.6 Å². The zero-order valence-electron chi connectivity index (χ0n) is 14.2. The molecule has 0 saturated heterocycles. The van der Waals surface area contributed by atoms with E-state index in [1.54, 1.807) is 24.4 Å². The van der Waals surface area contributed by atoms with E-state index < -0.39 is 18.0 Å². The number of hydrogen-bond acceptors (Lipinski definition) is 8. The Morgan fingerprint density at radius 3 is 2.58 bits per heavy atom. The topological polar surface area (TPSA) is 101 Å². The van der Waals surface area contributed by atoms with Crippen molar-refractivity contribution in [3.8, 4) is 0 Å². The summed E-state index contributed by atoms with van der Waals surface area (Å²) in [5.74, 6) is -2.11. The number of ether oxygens (including phenoxy) is 1. The number of carbonyl (C=O) groups excluding carboxylic acids is 4. The van der Waals surface area contributed by atoms with E-state index in [1.165, 1.54) is 11.3 Å². The van der Waals surface area contributed by atoms with Gasteiger partial charge in [-0.1, -0.05) is 0 Å². The van der Waals surface area contributed by atoms with Crippen LogP contribution in [0, 0.1) is 0 Å². The molecule has 0 radical (unpaired) electrons. The van der Waals surface area contributed by atoms with Crippen LogP contribution in [-0.4, -0.2) is 23.5 Å². The summed E-state index contributed by atoms with van der Waals surface area (Å²) in [5, 5.41) is 12.1. The van der Waals surface area contributed by atoms with E-state index in [0.717, 1.165) is 11.3 Å². The van der Waals surface area contributed by atoms with Crippen LogP contribution in [0.5, 0.6) is 0 Å². The first-order valence-electron chi connectivity index (χ1n) is 7.58. The van der Waals surface area contributed by atoms with Crippen LogP contribution in [0.3, 0.4) is 0 Å². The number of esters is 1. The number of ketones is 2. The molecule has 9 heteroatoms. The second-order valence-electron chi connectivity index (χ2n) is 5.57. The van der Waals surface area contributed by atoms with Crippen molar-refractivity contribution in [3.63, 3.8) is 0 Å². The third kappa shape index (κ3) is 4.15. The molecular weight excluding hydrogens is 387 g/mol. The first-order valence-corrected chi connectivity index (χ1v) is 9.28. The van der Waals surface area contributed by atoms with Gasteiger partial charge in [-0.15, -0.1) is 22.7 Å². The SMILES string of the molecule is CC(OC(=O)CCCC(=O)[O-])c1cc2c(s1)C(=O)c1sccc1C2=O.[Na+]. The van der Waals surface area contributed by atoms with Crippen molar-refractivity contribution in [3.05, 3.63) is 43.3 Å². The van der Waals surface area contributed by atoms with E-state index in [0.29, 0.717) is 25.8 Å². The van der Waals surface area contributed by atoms with E-state index in [1.807, 2.05) is 0 Å². The Morgan fingerprint density at radius 2 is 1.88 bits per heavy atom. The van der Waals surface area contributed by atoms with Crippen LogP contribution in [0.2, 0.25) is 0 Å². The van der Waals surface area contributed by atoms with Crippen molar-refractivity contribution < 1.29 is 58.6 Å². The monoisotopic (exact) mass is 400 g/mol. The molecule has 1 aliphatic rings. The van der Waals surface area contributed by atoms with Gasteiger partial charge in [0.25, 0.3) is 0 Å². The zero-order valence-corrected chi connectivity index (χ0v) is 17.8. The van der Waals surface area contributed by atoms with Gasteiger partial charge in [-0.05, 0) is 37.3 Å². The van der Waals surface area contributed by atoms with Crippen molar-refractivity contribution in [1.29, 1.82) is 0 Å². The first kappa shape index (κ1) is 21.0. The van der Waals surface area contributed by atoms with Crippen molar-refractivity contribution in [2.45, 2.75) is 32.3 Å². The van der Waals surface area contributed by atoms with Gasteiger partial charge in [0.15, 0.2) is 5.78 Å². The Kier molecular flexibility index (Phi) is 6.92. The largest absolute Gasteiger partial charge is 1.00 e. The number of carboxylic acids is 1. The maximum atomic E-state index is 12.5. The van der Waals surface area contributed by atoms with Gasteiger partial charge in [0.2, 0.25) is 5.78 Å². The standard InChI is InChI=1S/C17H14O6S2.Na/c1-8(23-13(20)4-2-3-12(18)19)11-7-10-14(21)9-5-6-24-16(9)15(22)17(10)25-11;/h5-8H,2-4H2,1H3,(H,18,19);/q;+1/p-1. The molecule has 0 aliphatic heterocycles. The van der Waals surface area contributed by atoms with Crippen molar-refractivity contribution >= 4 is 46.2 Å². The normalized spacial score (nSPS) is 13.4. The maximum Gasteiger partial charge on any atom is 1.00 e. The van der Waals surface area contributed by atoms with Gasteiger partial charge in [-0.25, -0.2) is 0 Å². The van der Waals surface area contributed by atoms with E-state index in [9.17, 15) is 24.3 Å². The van der Waals surface area contributed by atoms with Gasteiger partial charge in [0.1, 0.15) is 6.10 Å². The van der Waals surface area contributed by atoms with Crippen molar-refractivity contribution in [2.24, 2.45) is 0 Å². The summed E-state index contributed by atoms with van der Waals surface area (Å²) < 4.78 is 5.26. The van der Waals surface area contributed by atoms with Crippen molar-refractivity contribution in [1.82, 2.24) is 0 Å². The number of aliphatic carboxylic acids is 1. The van der Waals surface area contributed by atoms with Crippen LogP contribution in [-0.2, 0) is 14.3 Å². The molecule has 0 fully saturated rings. The molecule has 130 valence electrons. The quantitative estimate of drug-likeness (QED) is 0.393. The molecule has 2 aromatic heterocycles. The molecule has 2 aromatic rings. The summed E-state index contributed by atoms with van der Waals surface area (Å²) in [6.07, 6.45) is -0.711. The fourth-order valence-corrected chi connectivity index (χ4v) is 4.54. The fraction of sp³-hybridized carbons (Fsp3) is 0.294. The Morgan fingerprint density at radius 1 is 1.15 bits per heavy atom. The van der Waals surface area contributed by atoms with E-state index in [2.05, 4.69) is 0 Å². The predicted octanol–water partition coefficient (Wildman–Crippen LogP) is -0.887. The molecule has 0 bridgehead atoms. The average Bonchev–Trinajstić information content (AvgIpc) is 3.19. The number of fused-ring (bicyclic) bond motifs is 2. The molecule has 3 rings (SSSR count). The third-order valence-corrected chi connectivity index (χ3v) is 6.00. The summed E-state index contributed by atoms with van der Waals surface area (Å²) >= 11 is 2.39.